The maximum Gasteiger partial charge on any atom is 0.309 e. The molecule has 4 heteroatoms. The van der Waals surface area contributed by atoms with Gasteiger partial charge in [-0.15, -0.1) is 0 Å². The molecule has 0 radical (unpaired) electrons. The number of hydrogen-bond donors (Lipinski definition) is 0. The third-order valence-electron chi connectivity index (χ3n) is 2.95. The topological polar surface area (TPSA) is 32.8 Å². The van der Waals surface area contributed by atoms with Crippen LogP contribution in [0.3, 0.4) is 0 Å². The lowest BCUT2D eigenvalue weighted by molar-refractivity contribution is -0.145. The van der Waals surface area contributed by atoms with Gasteiger partial charge in [0.1, 0.15) is 0 Å². The van der Waals surface area contributed by atoms with Gasteiger partial charge in [-0.25, -0.2) is 0 Å². The Kier molecular flexibility index (Phi) is 5.05. The van der Waals surface area contributed by atoms with Crippen molar-refractivity contribution in [1.29, 1.82) is 0 Å². The molecular formula is C11H22N2O2. The van der Waals surface area contributed by atoms with Gasteiger partial charge in [-0.3, -0.25) is 4.79 Å². The summed E-state index contributed by atoms with van der Waals surface area (Å²) in [6.45, 7) is 7.14. The maximum absolute atomic E-state index is 11.3. The summed E-state index contributed by atoms with van der Waals surface area (Å²) >= 11 is 0. The highest BCUT2D eigenvalue weighted by Crippen LogP contribution is 2.06. The maximum atomic E-state index is 11.3. The first-order valence-electron chi connectivity index (χ1n) is 5.62. The normalized spacial score (nSPS) is 22.1. The summed E-state index contributed by atoms with van der Waals surface area (Å²) in [7, 11) is 3.60. The zero-order chi connectivity index (χ0) is 11.3. The molecule has 1 rings (SSSR count). The third kappa shape index (κ3) is 4.18. The number of rotatable bonds is 3. The van der Waals surface area contributed by atoms with Crippen LogP contribution in [0.1, 0.15) is 13.3 Å². The smallest absolute Gasteiger partial charge is 0.309 e. The van der Waals surface area contributed by atoms with E-state index >= 15 is 0 Å². The summed E-state index contributed by atoms with van der Waals surface area (Å²) in [6, 6.07) is 0. The molecule has 0 saturated carbocycles. The lowest BCUT2D eigenvalue weighted by Crippen LogP contribution is -2.35. The van der Waals surface area contributed by atoms with Crippen LogP contribution in [0.15, 0.2) is 0 Å². The van der Waals surface area contributed by atoms with Crippen LogP contribution in [-0.4, -0.2) is 62.7 Å². The number of hydrogen-bond acceptors (Lipinski definition) is 4. The lowest BCUT2D eigenvalue weighted by atomic mass is 10.1. The molecule has 88 valence electrons. The molecule has 1 fully saturated rings. The fourth-order valence-corrected chi connectivity index (χ4v) is 1.95. The molecule has 0 spiro atoms. The van der Waals surface area contributed by atoms with Gasteiger partial charge in [-0.1, -0.05) is 6.92 Å². The zero-order valence-corrected chi connectivity index (χ0v) is 10.0. The molecule has 1 unspecified atom stereocenters. The molecule has 0 aromatic carbocycles. The number of ether oxygens (including phenoxy) is 1. The number of methoxy groups -OCH3 is 1. The summed E-state index contributed by atoms with van der Waals surface area (Å²) in [6.07, 6.45) is 1.18. The van der Waals surface area contributed by atoms with E-state index in [1.165, 1.54) is 13.5 Å². The minimum absolute atomic E-state index is 0.0154. The van der Waals surface area contributed by atoms with Crippen LogP contribution in [-0.2, 0) is 9.53 Å². The SMILES string of the molecule is COC(=O)C(C)CN1CCCN(C)CC1. The van der Waals surface area contributed by atoms with Crippen molar-refractivity contribution in [3.05, 3.63) is 0 Å². The highest BCUT2D eigenvalue weighted by molar-refractivity contribution is 5.72. The monoisotopic (exact) mass is 214 g/mol. The van der Waals surface area contributed by atoms with Crippen molar-refractivity contribution in [2.24, 2.45) is 5.92 Å². The predicted molar refractivity (Wildman–Crippen MR) is 59.7 cm³/mol. The summed E-state index contributed by atoms with van der Waals surface area (Å²) in [4.78, 5) is 16.0. The van der Waals surface area contributed by atoms with Crippen molar-refractivity contribution in [2.45, 2.75) is 13.3 Å². The third-order valence-corrected chi connectivity index (χ3v) is 2.95. The van der Waals surface area contributed by atoms with E-state index in [1.54, 1.807) is 0 Å². The molecule has 0 bridgehead atoms. The Morgan fingerprint density at radius 3 is 2.73 bits per heavy atom. The molecule has 1 aliphatic heterocycles. The fraction of sp³-hybridized carbons (Fsp3) is 0.909. The van der Waals surface area contributed by atoms with Crippen molar-refractivity contribution in [1.82, 2.24) is 9.80 Å². The number of nitrogens with zero attached hydrogens (tertiary/aromatic N) is 2. The van der Waals surface area contributed by atoms with E-state index in [1.807, 2.05) is 6.92 Å². The van der Waals surface area contributed by atoms with Crippen LogP contribution >= 0.6 is 0 Å². The molecule has 0 N–H and O–H groups in total. The van der Waals surface area contributed by atoms with Gasteiger partial charge < -0.3 is 14.5 Å². The first kappa shape index (κ1) is 12.5. The van der Waals surface area contributed by atoms with Crippen molar-refractivity contribution in [2.75, 3.05) is 46.9 Å². The Balaban J connectivity index is 2.34. The molecule has 0 aromatic rings. The quantitative estimate of drug-likeness (QED) is 0.638. The van der Waals surface area contributed by atoms with Gasteiger partial charge in [0.05, 0.1) is 13.0 Å². The van der Waals surface area contributed by atoms with Crippen LogP contribution in [0, 0.1) is 5.92 Å². The molecule has 1 atom stereocenters. The molecule has 1 saturated heterocycles. The molecule has 15 heavy (non-hydrogen) atoms. The highest BCUT2D eigenvalue weighted by atomic mass is 16.5. The van der Waals surface area contributed by atoms with Gasteiger partial charge in [0.2, 0.25) is 0 Å². The van der Waals surface area contributed by atoms with Crippen LogP contribution in [0.25, 0.3) is 0 Å². The van der Waals surface area contributed by atoms with E-state index < -0.39 is 0 Å². The number of esters is 1. The molecule has 0 amide bonds. The second kappa shape index (κ2) is 6.08. The molecule has 0 aromatic heterocycles. The van der Waals surface area contributed by atoms with Gasteiger partial charge in [0.15, 0.2) is 0 Å². The Hall–Kier alpha value is -0.610. The molecular weight excluding hydrogens is 192 g/mol. The average Bonchev–Trinajstić information content (AvgIpc) is 2.42. The minimum Gasteiger partial charge on any atom is -0.469 e. The van der Waals surface area contributed by atoms with Crippen molar-refractivity contribution >= 4 is 5.97 Å². The van der Waals surface area contributed by atoms with E-state index in [9.17, 15) is 4.79 Å². The second-order valence-electron chi connectivity index (χ2n) is 4.38. The highest BCUT2D eigenvalue weighted by Gasteiger charge is 2.19. The van der Waals surface area contributed by atoms with Crippen LogP contribution < -0.4 is 0 Å². The van der Waals surface area contributed by atoms with E-state index in [0.717, 1.165) is 32.7 Å². The van der Waals surface area contributed by atoms with Crippen molar-refractivity contribution in [3.63, 3.8) is 0 Å². The van der Waals surface area contributed by atoms with E-state index in [-0.39, 0.29) is 11.9 Å². The molecule has 1 aliphatic rings. The molecule has 4 nitrogen and oxygen atoms in total. The molecule has 0 aliphatic carbocycles. The Morgan fingerprint density at radius 1 is 1.33 bits per heavy atom. The van der Waals surface area contributed by atoms with Crippen LogP contribution in [0.4, 0.5) is 0 Å². The van der Waals surface area contributed by atoms with Gasteiger partial charge in [0, 0.05) is 19.6 Å². The predicted octanol–water partition coefficient (Wildman–Crippen LogP) is 0.433. The number of carbonyl (C=O) groups is 1. The number of carbonyl (C=O) groups excluding carboxylic acids is 1. The summed E-state index contributed by atoms with van der Waals surface area (Å²) < 4.78 is 4.73. The number of likely N-dealkylation sites (N-methyl/N-ethyl adjacent to an activating group) is 1. The second-order valence-corrected chi connectivity index (χ2v) is 4.38. The van der Waals surface area contributed by atoms with Crippen LogP contribution in [0.2, 0.25) is 0 Å². The van der Waals surface area contributed by atoms with Gasteiger partial charge in [-0.2, -0.15) is 0 Å². The van der Waals surface area contributed by atoms with Gasteiger partial charge in [0.25, 0.3) is 0 Å². The van der Waals surface area contributed by atoms with Crippen molar-refractivity contribution < 1.29 is 9.53 Å². The van der Waals surface area contributed by atoms with E-state index in [4.69, 9.17) is 4.74 Å². The van der Waals surface area contributed by atoms with Crippen LogP contribution in [0.5, 0.6) is 0 Å². The first-order chi connectivity index (χ1) is 7.13. The van der Waals surface area contributed by atoms with Gasteiger partial charge in [-0.05, 0) is 26.6 Å². The average molecular weight is 214 g/mol. The van der Waals surface area contributed by atoms with E-state index in [2.05, 4.69) is 16.8 Å². The minimum atomic E-state index is -0.104. The summed E-state index contributed by atoms with van der Waals surface area (Å²) in [5.41, 5.74) is 0. The first-order valence-corrected chi connectivity index (χ1v) is 5.62. The standard InChI is InChI=1S/C11H22N2O2/c1-10(11(14)15-3)9-13-6-4-5-12(2)7-8-13/h10H,4-9H2,1-3H3. The Bertz CT molecular complexity index is 209. The largest absolute Gasteiger partial charge is 0.469 e. The Labute approximate surface area is 92.2 Å². The Morgan fingerprint density at radius 2 is 2.07 bits per heavy atom. The zero-order valence-electron chi connectivity index (χ0n) is 10.0. The summed E-state index contributed by atoms with van der Waals surface area (Å²) in [5, 5.41) is 0. The van der Waals surface area contributed by atoms with Crippen molar-refractivity contribution in [3.8, 4) is 0 Å². The lowest BCUT2D eigenvalue weighted by Gasteiger charge is -2.22. The van der Waals surface area contributed by atoms with Gasteiger partial charge >= 0.3 is 5.97 Å². The fourth-order valence-electron chi connectivity index (χ4n) is 1.95. The molecule has 1 heterocycles. The summed E-state index contributed by atoms with van der Waals surface area (Å²) in [5.74, 6) is -0.119. The van der Waals surface area contributed by atoms with E-state index in [0.29, 0.717) is 0 Å².